The summed E-state index contributed by atoms with van der Waals surface area (Å²) in [7, 11) is 0. The summed E-state index contributed by atoms with van der Waals surface area (Å²) in [5.41, 5.74) is 4.14. The minimum Gasteiger partial charge on any atom is -0.480 e. The van der Waals surface area contributed by atoms with Crippen LogP contribution >= 0.6 is 12.4 Å². The Morgan fingerprint density at radius 1 is 1.27 bits per heavy atom. The zero-order valence-electron chi connectivity index (χ0n) is 7.21. The largest absolute Gasteiger partial charge is 0.480 e. The minimum atomic E-state index is -1.84. The Bertz CT molecular complexity index is 363. The van der Waals surface area contributed by atoms with Crippen molar-refractivity contribution in [3.8, 4) is 0 Å². The van der Waals surface area contributed by atoms with Crippen LogP contribution in [0, 0.1) is 17.5 Å². The number of hydrogen-bond donors (Lipinski definition) is 2. The maximum absolute atomic E-state index is 12.9. The van der Waals surface area contributed by atoms with Crippen LogP contribution in [0.4, 0.5) is 13.2 Å². The lowest BCUT2D eigenvalue weighted by Gasteiger charge is -2.08. The summed E-state index contributed by atoms with van der Waals surface area (Å²) in [4.78, 5) is 10.3. The molecule has 15 heavy (non-hydrogen) atoms. The number of aliphatic carboxylic acids is 1. The number of halogens is 4. The summed E-state index contributed by atoms with van der Waals surface area (Å²) < 4.78 is 38.2. The first-order chi connectivity index (χ1) is 6.43. The third-order valence-corrected chi connectivity index (χ3v) is 1.62. The molecule has 0 aromatic heterocycles. The van der Waals surface area contributed by atoms with Crippen molar-refractivity contribution in [3.63, 3.8) is 0 Å². The average molecular weight is 242 g/mol. The normalized spacial score (nSPS) is 11.7. The standard InChI is InChI=1S/C8H6F3NO2.ClH/c9-3-1-4(10)6(5(11)2-3)7(12)8(13)14;/h1-2,7H,12H2,(H,13,14);1H. The van der Waals surface area contributed by atoms with Gasteiger partial charge in [-0.2, -0.15) is 0 Å². The van der Waals surface area contributed by atoms with E-state index in [2.05, 4.69) is 0 Å². The van der Waals surface area contributed by atoms with Gasteiger partial charge in [0.25, 0.3) is 0 Å². The number of carboxylic acids is 1. The monoisotopic (exact) mass is 241 g/mol. The molecule has 0 aliphatic carbocycles. The summed E-state index contributed by atoms with van der Waals surface area (Å²) in [5, 5.41) is 8.40. The van der Waals surface area contributed by atoms with Gasteiger partial charge in [0.1, 0.15) is 23.5 Å². The Morgan fingerprint density at radius 3 is 2.00 bits per heavy atom. The molecule has 0 amide bonds. The van der Waals surface area contributed by atoms with Gasteiger partial charge in [0.15, 0.2) is 0 Å². The molecule has 0 radical (unpaired) electrons. The first kappa shape index (κ1) is 13.7. The van der Waals surface area contributed by atoms with Crippen molar-refractivity contribution < 1.29 is 23.1 Å². The summed E-state index contributed by atoms with van der Waals surface area (Å²) >= 11 is 0. The van der Waals surface area contributed by atoms with E-state index in [4.69, 9.17) is 10.8 Å². The molecule has 3 N–H and O–H groups in total. The number of hydrogen-bond acceptors (Lipinski definition) is 2. The molecule has 1 atom stereocenters. The van der Waals surface area contributed by atoms with Crippen molar-refractivity contribution >= 4 is 18.4 Å². The topological polar surface area (TPSA) is 63.3 Å². The van der Waals surface area contributed by atoms with Crippen LogP contribution in [0.1, 0.15) is 11.6 Å². The molecule has 0 aliphatic heterocycles. The summed E-state index contributed by atoms with van der Waals surface area (Å²) in [6.07, 6.45) is 0. The quantitative estimate of drug-likeness (QED) is 0.827. The van der Waals surface area contributed by atoms with E-state index in [1.807, 2.05) is 0 Å². The Labute approximate surface area is 89.1 Å². The van der Waals surface area contributed by atoms with E-state index in [9.17, 15) is 18.0 Å². The molecule has 0 heterocycles. The van der Waals surface area contributed by atoms with Gasteiger partial charge in [0.2, 0.25) is 0 Å². The molecular formula is C8H7ClF3NO2. The highest BCUT2D eigenvalue weighted by molar-refractivity contribution is 5.85. The van der Waals surface area contributed by atoms with Gasteiger partial charge in [0.05, 0.1) is 5.56 Å². The van der Waals surface area contributed by atoms with Crippen LogP contribution in [0.5, 0.6) is 0 Å². The van der Waals surface area contributed by atoms with Gasteiger partial charge in [-0.25, -0.2) is 13.2 Å². The highest BCUT2D eigenvalue weighted by Gasteiger charge is 2.23. The summed E-state index contributed by atoms with van der Waals surface area (Å²) in [6.45, 7) is 0. The van der Waals surface area contributed by atoms with Crippen molar-refractivity contribution in [2.75, 3.05) is 0 Å². The van der Waals surface area contributed by atoms with Gasteiger partial charge in [-0.1, -0.05) is 0 Å². The molecule has 1 aromatic rings. The molecule has 1 rings (SSSR count). The van der Waals surface area contributed by atoms with Crippen molar-refractivity contribution in [3.05, 3.63) is 35.1 Å². The molecule has 0 saturated heterocycles. The molecule has 0 aliphatic rings. The average Bonchev–Trinajstić information content (AvgIpc) is 2.01. The first-order valence-corrected chi connectivity index (χ1v) is 3.56. The van der Waals surface area contributed by atoms with Gasteiger partial charge in [0, 0.05) is 12.1 Å². The second-order valence-electron chi connectivity index (χ2n) is 2.60. The van der Waals surface area contributed by atoms with Crippen LogP contribution in [0.25, 0.3) is 0 Å². The van der Waals surface area contributed by atoms with Gasteiger partial charge in [-0.3, -0.25) is 4.79 Å². The lowest BCUT2D eigenvalue weighted by Crippen LogP contribution is -2.23. The smallest absolute Gasteiger partial charge is 0.325 e. The van der Waals surface area contributed by atoms with E-state index >= 15 is 0 Å². The van der Waals surface area contributed by atoms with E-state index < -0.39 is 35.0 Å². The van der Waals surface area contributed by atoms with Crippen LogP contribution in [0.2, 0.25) is 0 Å². The van der Waals surface area contributed by atoms with E-state index in [0.29, 0.717) is 12.1 Å². The fourth-order valence-corrected chi connectivity index (χ4v) is 0.974. The Hall–Kier alpha value is -1.27. The lowest BCUT2D eigenvalue weighted by atomic mass is 10.1. The van der Waals surface area contributed by atoms with E-state index in [1.54, 1.807) is 0 Å². The van der Waals surface area contributed by atoms with Crippen LogP contribution in [-0.4, -0.2) is 11.1 Å². The maximum Gasteiger partial charge on any atom is 0.325 e. The molecule has 84 valence electrons. The predicted molar refractivity (Wildman–Crippen MR) is 48.1 cm³/mol. The highest BCUT2D eigenvalue weighted by atomic mass is 35.5. The van der Waals surface area contributed by atoms with E-state index in [1.165, 1.54) is 0 Å². The molecule has 0 bridgehead atoms. The van der Waals surface area contributed by atoms with E-state index in [0.717, 1.165) is 0 Å². The Morgan fingerprint density at radius 2 is 1.67 bits per heavy atom. The van der Waals surface area contributed by atoms with Gasteiger partial charge in [-0.15, -0.1) is 12.4 Å². The van der Waals surface area contributed by atoms with Crippen molar-refractivity contribution in [2.45, 2.75) is 6.04 Å². The number of rotatable bonds is 2. The SMILES string of the molecule is Cl.NC(C(=O)O)c1c(F)cc(F)cc1F. The van der Waals surface area contributed by atoms with Gasteiger partial charge < -0.3 is 10.8 Å². The number of nitrogens with two attached hydrogens (primary N) is 1. The zero-order valence-corrected chi connectivity index (χ0v) is 8.02. The molecular weight excluding hydrogens is 235 g/mol. The van der Waals surface area contributed by atoms with Crippen molar-refractivity contribution in [1.82, 2.24) is 0 Å². The number of carbonyl (C=O) groups is 1. The zero-order chi connectivity index (χ0) is 10.9. The summed E-state index contributed by atoms with van der Waals surface area (Å²) in [5.74, 6) is -5.33. The fraction of sp³-hybridized carbons (Fsp3) is 0.125. The van der Waals surface area contributed by atoms with Crippen LogP contribution in [-0.2, 0) is 4.79 Å². The maximum atomic E-state index is 12.9. The van der Waals surface area contributed by atoms with Crippen LogP contribution in [0.15, 0.2) is 12.1 Å². The third-order valence-electron chi connectivity index (χ3n) is 1.62. The van der Waals surface area contributed by atoms with E-state index in [-0.39, 0.29) is 12.4 Å². The van der Waals surface area contributed by atoms with Crippen LogP contribution in [0.3, 0.4) is 0 Å². The van der Waals surface area contributed by atoms with Gasteiger partial charge in [-0.05, 0) is 0 Å². The first-order valence-electron chi connectivity index (χ1n) is 3.56. The molecule has 0 spiro atoms. The van der Waals surface area contributed by atoms with Crippen molar-refractivity contribution in [2.24, 2.45) is 5.73 Å². The molecule has 1 aromatic carbocycles. The Kier molecular flexibility index (Phi) is 4.57. The molecule has 1 unspecified atom stereocenters. The highest BCUT2D eigenvalue weighted by Crippen LogP contribution is 2.20. The molecule has 7 heteroatoms. The fourth-order valence-electron chi connectivity index (χ4n) is 0.974. The lowest BCUT2D eigenvalue weighted by molar-refractivity contribution is -0.138. The Balaban J connectivity index is 0.00000196. The minimum absolute atomic E-state index is 0. The van der Waals surface area contributed by atoms with Crippen molar-refractivity contribution in [1.29, 1.82) is 0 Å². The molecule has 3 nitrogen and oxygen atoms in total. The second kappa shape index (κ2) is 4.99. The number of benzene rings is 1. The van der Waals surface area contributed by atoms with Gasteiger partial charge >= 0.3 is 5.97 Å². The predicted octanol–water partition coefficient (Wildman–Crippen LogP) is 1.61. The van der Waals surface area contributed by atoms with Crippen LogP contribution < -0.4 is 5.73 Å². The third kappa shape index (κ3) is 2.84. The summed E-state index contributed by atoms with van der Waals surface area (Å²) in [6, 6.07) is -1.09. The molecule has 0 fully saturated rings. The number of carboxylic acid groups (broad SMARTS) is 1. The second-order valence-corrected chi connectivity index (χ2v) is 2.60. The molecule has 0 saturated carbocycles.